The molecule has 8 nitrogen and oxygen atoms in total. The Morgan fingerprint density at radius 1 is 1.31 bits per heavy atom. The number of benzene rings is 1. The Kier molecular flexibility index (Phi) is 5.24. The monoisotopic (exact) mass is 378 g/mol. The molecule has 0 atom stereocenters. The maximum Gasteiger partial charge on any atom is 0.349 e. The number of aromatic nitrogens is 3. The molecule has 0 spiro atoms. The second-order valence-electron chi connectivity index (χ2n) is 6.48. The maximum absolute atomic E-state index is 12.5. The molecule has 1 aliphatic rings. The summed E-state index contributed by atoms with van der Waals surface area (Å²) in [7, 11) is 0. The fourth-order valence-electron chi connectivity index (χ4n) is 3.08. The van der Waals surface area contributed by atoms with Crippen LogP contribution in [0.4, 0.5) is 0 Å². The van der Waals surface area contributed by atoms with E-state index in [1.807, 2.05) is 0 Å². The Morgan fingerprint density at radius 2 is 2.04 bits per heavy atom. The Morgan fingerprint density at radius 3 is 2.73 bits per heavy atom. The van der Waals surface area contributed by atoms with E-state index in [0.717, 1.165) is 30.1 Å². The quantitative estimate of drug-likeness (QED) is 0.733. The number of hydrogen-bond acceptors (Lipinski definition) is 5. The van der Waals surface area contributed by atoms with Gasteiger partial charge in [0.2, 0.25) is 0 Å². The molecule has 138 valence electrons. The molecule has 1 amide bonds. The summed E-state index contributed by atoms with van der Waals surface area (Å²) in [6.07, 6.45) is 5.22. The summed E-state index contributed by atoms with van der Waals surface area (Å²) in [6.45, 7) is 0.142. The average molecular weight is 379 g/mol. The zero-order chi connectivity index (χ0) is 18.7. The van der Waals surface area contributed by atoms with Gasteiger partial charge in [-0.05, 0) is 31.0 Å². The first kappa shape index (κ1) is 18.3. The van der Waals surface area contributed by atoms with Crippen molar-refractivity contribution < 1.29 is 9.90 Å². The standard InChI is InChI=1S/C17H19ClN4O4/c18-13-5-4-11(22-16(25)21-14(23)9-20-22)8-12(13)15(24)19-10-17(26)6-2-1-3-7-17/h4-5,8-9,26H,1-3,6-7,10H2,(H,19,24)(H,21,23,25). The van der Waals surface area contributed by atoms with Gasteiger partial charge in [-0.2, -0.15) is 9.78 Å². The molecule has 1 aliphatic carbocycles. The number of carbonyl (C=O) groups is 1. The first-order valence-electron chi connectivity index (χ1n) is 8.37. The first-order valence-corrected chi connectivity index (χ1v) is 8.75. The SMILES string of the molecule is O=C(NCC1(O)CCCCC1)c1cc(-n2ncc(=O)[nH]c2=O)ccc1Cl. The molecule has 1 heterocycles. The van der Waals surface area contributed by atoms with E-state index < -0.39 is 22.8 Å². The third-order valence-corrected chi connectivity index (χ3v) is 4.84. The van der Waals surface area contributed by atoms with E-state index in [4.69, 9.17) is 11.6 Å². The molecule has 0 aliphatic heterocycles. The Balaban J connectivity index is 1.82. The lowest BCUT2D eigenvalue weighted by Crippen LogP contribution is -2.44. The molecule has 3 N–H and O–H groups in total. The molecule has 1 aromatic heterocycles. The number of nitrogens with one attached hydrogen (secondary N) is 2. The lowest BCUT2D eigenvalue weighted by atomic mass is 9.85. The van der Waals surface area contributed by atoms with Crippen molar-refractivity contribution in [3.05, 3.63) is 55.8 Å². The minimum Gasteiger partial charge on any atom is -0.388 e. The van der Waals surface area contributed by atoms with Crippen molar-refractivity contribution in [1.29, 1.82) is 0 Å². The molecule has 0 unspecified atom stereocenters. The van der Waals surface area contributed by atoms with Gasteiger partial charge in [-0.3, -0.25) is 14.6 Å². The maximum atomic E-state index is 12.5. The van der Waals surface area contributed by atoms with Gasteiger partial charge in [-0.1, -0.05) is 30.9 Å². The molecule has 0 bridgehead atoms. The lowest BCUT2D eigenvalue weighted by molar-refractivity contribution is 0.00526. The van der Waals surface area contributed by atoms with Gasteiger partial charge in [0.15, 0.2) is 0 Å². The highest BCUT2D eigenvalue weighted by molar-refractivity contribution is 6.33. The van der Waals surface area contributed by atoms with Gasteiger partial charge >= 0.3 is 5.69 Å². The zero-order valence-corrected chi connectivity index (χ0v) is 14.8. The Bertz CT molecular complexity index is 931. The normalized spacial score (nSPS) is 16.2. The summed E-state index contributed by atoms with van der Waals surface area (Å²) in [6, 6.07) is 4.40. The number of rotatable bonds is 4. The number of H-pyrrole nitrogens is 1. The van der Waals surface area contributed by atoms with E-state index in [9.17, 15) is 19.5 Å². The molecule has 3 rings (SSSR count). The second kappa shape index (κ2) is 7.43. The summed E-state index contributed by atoms with van der Waals surface area (Å²) >= 11 is 6.11. The Hall–Kier alpha value is -2.45. The molecular weight excluding hydrogens is 360 g/mol. The third kappa shape index (κ3) is 4.03. The Labute approximate surface area is 153 Å². The topological polar surface area (TPSA) is 117 Å². The molecule has 1 fully saturated rings. The zero-order valence-electron chi connectivity index (χ0n) is 14.0. The van der Waals surface area contributed by atoms with E-state index in [2.05, 4.69) is 15.4 Å². The van der Waals surface area contributed by atoms with Crippen molar-refractivity contribution >= 4 is 17.5 Å². The van der Waals surface area contributed by atoms with Crippen LogP contribution in [0.15, 0.2) is 34.0 Å². The number of amides is 1. The van der Waals surface area contributed by atoms with Crippen LogP contribution in [0.3, 0.4) is 0 Å². The molecule has 1 aromatic carbocycles. The number of nitrogens with zero attached hydrogens (tertiary/aromatic N) is 2. The summed E-state index contributed by atoms with van der Waals surface area (Å²) in [5, 5.41) is 17.2. The summed E-state index contributed by atoms with van der Waals surface area (Å²) in [5.41, 5.74) is -1.78. The average Bonchev–Trinajstić information content (AvgIpc) is 2.61. The molecule has 0 radical (unpaired) electrons. The minimum absolute atomic E-state index is 0.142. The van der Waals surface area contributed by atoms with E-state index in [1.165, 1.54) is 18.2 Å². The molecule has 0 saturated heterocycles. The number of aromatic amines is 1. The highest BCUT2D eigenvalue weighted by Crippen LogP contribution is 2.27. The van der Waals surface area contributed by atoms with Crippen molar-refractivity contribution in [1.82, 2.24) is 20.1 Å². The fraction of sp³-hybridized carbons (Fsp3) is 0.412. The number of aliphatic hydroxyl groups is 1. The number of halogens is 1. The van der Waals surface area contributed by atoms with Crippen molar-refractivity contribution in [2.75, 3.05) is 6.54 Å². The third-order valence-electron chi connectivity index (χ3n) is 4.51. The van der Waals surface area contributed by atoms with Crippen LogP contribution in [0.5, 0.6) is 0 Å². The van der Waals surface area contributed by atoms with Crippen LogP contribution in [-0.4, -0.2) is 37.9 Å². The molecule has 1 saturated carbocycles. The fourth-order valence-corrected chi connectivity index (χ4v) is 3.29. The van der Waals surface area contributed by atoms with Gasteiger partial charge in [-0.15, -0.1) is 0 Å². The molecule has 9 heteroatoms. The van der Waals surface area contributed by atoms with Crippen LogP contribution >= 0.6 is 11.6 Å². The summed E-state index contributed by atoms with van der Waals surface area (Å²) < 4.78 is 0.961. The van der Waals surface area contributed by atoms with E-state index in [-0.39, 0.29) is 22.8 Å². The van der Waals surface area contributed by atoms with Gasteiger partial charge in [-0.25, -0.2) is 4.79 Å². The second-order valence-corrected chi connectivity index (χ2v) is 6.89. The summed E-state index contributed by atoms with van der Waals surface area (Å²) in [4.78, 5) is 37.6. The predicted octanol–water partition coefficient (Wildman–Crippen LogP) is 0.999. The van der Waals surface area contributed by atoms with Crippen molar-refractivity contribution in [2.24, 2.45) is 0 Å². The van der Waals surface area contributed by atoms with Crippen LogP contribution in [0.2, 0.25) is 5.02 Å². The van der Waals surface area contributed by atoms with Crippen molar-refractivity contribution in [2.45, 2.75) is 37.7 Å². The molecule has 26 heavy (non-hydrogen) atoms. The molecular formula is C17H19ClN4O4. The van der Waals surface area contributed by atoms with Crippen LogP contribution in [-0.2, 0) is 0 Å². The van der Waals surface area contributed by atoms with Crippen LogP contribution in [0, 0.1) is 0 Å². The van der Waals surface area contributed by atoms with E-state index in [0.29, 0.717) is 12.8 Å². The van der Waals surface area contributed by atoms with Crippen LogP contribution < -0.4 is 16.6 Å². The van der Waals surface area contributed by atoms with Gasteiger partial charge < -0.3 is 10.4 Å². The van der Waals surface area contributed by atoms with Crippen LogP contribution in [0.1, 0.15) is 42.5 Å². The van der Waals surface area contributed by atoms with Gasteiger partial charge in [0.05, 0.1) is 21.9 Å². The van der Waals surface area contributed by atoms with Crippen LogP contribution in [0.25, 0.3) is 5.69 Å². The highest BCUT2D eigenvalue weighted by atomic mass is 35.5. The van der Waals surface area contributed by atoms with Gasteiger partial charge in [0, 0.05) is 6.54 Å². The van der Waals surface area contributed by atoms with Gasteiger partial charge in [0.1, 0.15) is 6.20 Å². The van der Waals surface area contributed by atoms with Crippen molar-refractivity contribution in [3.63, 3.8) is 0 Å². The molecule has 2 aromatic rings. The predicted molar refractivity (Wildman–Crippen MR) is 95.8 cm³/mol. The smallest absolute Gasteiger partial charge is 0.349 e. The van der Waals surface area contributed by atoms with Crippen molar-refractivity contribution in [3.8, 4) is 5.69 Å². The van der Waals surface area contributed by atoms with Gasteiger partial charge in [0.25, 0.3) is 11.5 Å². The number of carbonyl (C=O) groups excluding carboxylic acids is 1. The highest BCUT2D eigenvalue weighted by Gasteiger charge is 2.29. The van der Waals surface area contributed by atoms with E-state index >= 15 is 0 Å². The summed E-state index contributed by atoms with van der Waals surface area (Å²) in [5.74, 6) is -0.451. The first-order chi connectivity index (χ1) is 12.4. The van der Waals surface area contributed by atoms with E-state index in [1.54, 1.807) is 0 Å². The lowest BCUT2D eigenvalue weighted by Gasteiger charge is -2.32. The largest absolute Gasteiger partial charge is 0.388 e. The minimum atomic E-state index is -0.893. The number of hydrogen-bond donors (Lipinski definition) is 3.